The van der Waals surface area contributed by atoms with E-state index in [0.717, 1.165) is 29.7 Å². The number of benzene rings is 2. The van der Waals surface area contributed by atoms with E-state index in [1.165, 1.54) is 28.8 Å². The Kier molecular flexibility index (Phi) is 5.74. The number of aryl methyl sites for hydroxylation is 2. The lowest BCUT2D eigenvalue weighted by Gasteiger charge is -2.12. The number of carbonyl (C=O) groups is 2. The monoisotopic (exact) mass is 477 g/mol. The van der Waals surface area contributed by atoms with E-state index in [2.05, 4.69) is 5.32 Å². The molecule has 0 spiro atoms. The van der Waals surface area contributed by atoms with E-state index in [1.807, 2.05) is 30.3 Å². The van der Waals surface area contributed by atoms with Gasteiger partial charge in [0.25, 0.3) is 5.56 Å². The molecule has 2 aromatic heterocycles. The van der Waals surface area contributed by atoms with Gasteiger partial charge in [-0.25, -0.2) is 9.78 Å². The van der Waals surface area contributed by atoms with Gasteiger partial charge in [0.1, 0.15) is 4.83 Å². The number of thiophene rings is 1. The fourth-order valence-electron chi connectivity index (χ4n) is 3.95. The first kappa shape index (κ1) is 21.4. The summed E-state index contributed by atoms with van der Waals surface area (Å²) in [5, 5.41) is 12.9. The number of thioether (sulfide) groups is 1. The normalized spacial score (nSPS) is 12.6. The van der Waals surface area contributed by atoms with Gasteiger partial charge in [-0.1, -0.05) is 30.0 Å². The first-order valence-electron chi connectivity index (χ1n) is 10.4. The fourth-order valence-corrected chi connectivity index (χ4v) is 6.06. The van der Waals surface area contributed by atoms with Gasteiger partial charge in [0.05, 0.1) is 22.4 Å². The second-order valence-corrected chi connectivity index (χ2v) is 9.65. The van der Waals surface area contributed by atoms with E-state index >= 15 is 0 Å². The summed E-state index contributed by atoms with van der Waals surface area (Å²) in [6.07, 6.45) is 2.94. The summed E-state index contributed by atoms with van der Waals surface area (Å²) in [4.78, 5) is 43.8. The number of para-hydroxylation sites is 1. The third-order valence-corrected chi connectivity index (χ3v) is 7.59. The molecule has 5 rings (SSSR count). The van der Waals surface area contributed by atoms with Crippen LogP contribution >= 0.6 is 23.1 Å². The molecule has 33 heavy (non-hydrogen) atoms. The number of anilines is 1. The van der Waals surface area contributed by atoms with E-state index in [4.69, 9.17) is 10.1 Å². The van der Waals surface area contributed by atoms with Crippen LogP contribution in [0.1, 0.15) is 27.2 Å². The zero-order valence-corrected chi connectivity index (χ0v) is 19.0. The molecule has 1 amide bonds. The average Bonchev–Trinajstić information content (AvgIpc) is 3.39. The number of hydrogen-bond donors (Lipinski definition) is 2. The van der Waals surface area contributed by atoms with E-state index in [9.17, 15) is 14.4 Å². The van der Waals surface area contributed by atoms with Crippen LogP contribution in [-0.4, -0.2) is 32.3 Å². The van der Waals surface area contributed by atoms with Gasteiger partial charge in [-0.3, -0.25) is 14.2 Å². The van der Waals surface area contributed by atoms with Gasteiger partial charge < -0.3 is 10.4 Å². The van der Waals surface area contributed by atoms with Gasteiger partial charge >= 0.3 is 5.97 Å². The number of nitrogens with one attached hydrogen (secondary N) is 1. The van der Waals surface area contributed by atoms with Gasteiger partial charge in [-0.05, 0) is 61.2 Å². The molecule has 1 aliphatic carbocycles. The van der Waals surface area contributed by atoms with Crippen molar-refractivity contribution in [1.29, 1.82) is 0 Å². The third-order valence-electron chi connectivity index (χ3n) is 5.47. The van der Waals surface area contributed by atoms with Crippen LogP contribution in [0.3, 0.4) is 0 Å². The van der Waals surface area contributed by atoms with Crippen molar-refractivity contribution in [2.75, 3.05) is 11.1 Å². The molecule has 2 aromatic carbocycles. The molecule has 0 radical (unpaired) electrons. The van der Waals surface area contributed by atoms with Gasteiger partial charge in [-0.15, -0.1) is 11.3 Å². The summed E-state index contributed by atoms with van der Waals surface area (Å²) in [6.45, 7) is 0. The third kappa shape index (κ3) is 4.17. The molecular weight excluding hydrogens is 458 g/mol. The molecule has 0 bridgehead atoms. The van der Waals surface area contributed by atoms with E-state index < -0.39 is 5.97 Å². The summed E-state index contributed by atoms with van der Waals surface area (Å²) < 4.78 is 1.59. The van der Waals surface area contributed by atoms with Crippen molar-refractivity contribution < 1.29 is 14.7 Å². The molecule has 0 atom stereocenters. The highest BCUT2D eigenvalue weighted by Gasteiger charge is 2.24. The number of carbonyl (C=O) groups excluding carboxylic acids is 1. The maximum atomic E-state index is 13.6. The van der Waals surface area contributed by atoms with Gasteiger partial charge in [0.2, 0.25) is 5.91 Å². The van der Waals surface area contributed by atoms with Crippen LogP contribution in [0.2, 0.25) is 0 Å². The van der Waals surface area contributed by atoms with Crippen molar-refractivity contribution in [3.05, 3.63) is 81.0 Å². The van der Waals surface area contributed by atoms with Crippen LogP contribution in [0.4, 0.5) is 5.69 Å². The lowest BCUT2D eigenvalue weighted by molar-refractivity contribution is -0.113. The van der Waals surface area contributed by atoms with Crippen LogP contribution in [0, 0.1) is 0 Å². The number of amides is 1. The van der Waals surface area contributed by atoms with Crippen LogP contribution in [0.25, 0.3) is 15.9 Å². The molecular formula is C24H19N3O4S2. The summed E-state index contributed by atoms with van der Waals surface area (Å²) in [7, 11) is 0. The molecule has 0 fully saturated rings. The molecule has 166 valence electrons. The minimum atomic E-state index is -1.02. The number of carboxylic acid groups (broad SMARTS) is 1. The summed E-state index contributed by atoms with van der Waals surface area (Å²) in [6, 6.07) is 15.3. The average molecular weight is 478 g/mol. The zero-order valence-electron chi connectivity index (χ0n) is 17.4. The second kappa shape index (κ2) is 8.84. The van der Waals surface area contributed by atoms with Crippen molar-refractivity contribution in [1.82, 2.24) is 9.55 Å². The van der Waals surface area contributed by atoms with Crippen molar-refractivity contribution in [2.45, 2.75) is 24.4 Å². The van der Waals surface area contributed by atoms with Crippen LogP contribution in [0.15, 0.2) is 64.5 Å². The van der Waals surface area contributed by atoms with E-state index in [-0.39, 0.29) is 22.8 Å². The first-order chi connectivity index (χ1) is 16.0. The minimum Gasteiger partial charge on any atom is -0.478 e. The number of rotatable bonds is 6. The second-order valence-electron chi connectivity index (χ2n) is 7.63. The molecule has 7 nitrogen and oxygen atoms in total. The quantitative estimate of drug-likeness (QED) is 0.316. The molecule has 1 aliphatic rings. The van der Waals surface area contributed by atoms with Crippen molar-refractivity contribution in [3.63, 3.8) is 0 Å². The van der Waals surface area contributed by atoms with Crippen molar-refractivity contribution in [3.8, 4) is 5.69 Å². The first-order valence-corrected chi connectivity index (χ1v) is 12.2. The Bertz CT molecular complexity index is 1430. The number of aromatic nitrogens is 2. The zero-order chi connectivity index (χ0) is 22.9. The van der Waals surface area contributed by atoms with Crippen LogP contribution in [0.5, 0.6) is 0 Å². The molecule has 9 heteroatoms. The minimum absolute atomic E-state index is 0.0521. The molecule has 2 heterocycles. The topological polar surface area (TPSA) is 101 Å². The van der Waals surface area contributed by atoms with Crippen molar-refractivity contribution in [2.24, 2.45) is 0 Å². The lowest BCUT2D eigenvalue weighted by Crippen LogP contribution is -2.23. The SMILES string of the molecule is O=C(CSc1nc2sc3c(c2c(=O)n1-c1ccccc1)CCC3)Nc1ccc(C(=O)O)cc1. The Hall–Kier alpha value is -3.43. The molecule has 0 saturated carbocycles. The lowest BCUT2D eigenvalue weighted by atomic mass is 10.2. The van der Waals surface area contributed by atoms with Crippen LogP contribution in [-0.2, 0) is 17.6 Å². The Morgan fingerprint density at radius 3 is 2.58 bits per heavy atom. The summed E-state index contributed by atoms with van der Waals surface area (Å²) in [5.74, 6) is -1.25. The highest BCUT2D eigenvalue weighted by atomic mass is 32.2. The predicted octanol–water partition coefficient (Wildman–Crippen LogP) is 4.36. The number of aromatic carboxylic acids is 1. The molecule has 0 aliphatic heterocycles. The maximum Gasteiger partial charge on any atom is 0.335 e. The summed E-state index contributed by atoms with van der Waals surface area (Å²) >= 11 is 2.77. The summed E-state index contributed by atoms with van der Waals surface area (Å²) in [5.41, 5.74) is 2.38. The largest absolute Gasteiger partial charge is 0.478 e. The molecule has 0 saturated heterocycles. The van der Waals surface area contributed by atoms with Gasteiger partial charge in [0, 0.05) is 10.6 Å². The molecule has 4 aromatic rings. The van der Waals surface area contributed by atoms with E-state index in [0.29, 0.717) is 21.9 Å². The van der Waals surface area contributed by atoms with Crippen molar-refractivity contribution >= 4 is 50.9 Å². The standard InChI is InChI=1S/C24H19N3O4S2/c28-19(25-15-11-9-14(10-12-15)23(30)31)13-32-24-26-21-20(17-7-4-8-18(17)33-21)22(29)27(24)16-5-2-1-3-6-16/h1-3,5-6,9-12H,4,7-8,13H2,(H,25,28)(H,30,31). The van der Waals surface area contributed by atoms with E-state index in [1.54, 1.807) is 28.0 Å². The predicted molar refractivity (Wildman–Crippen MR) is 130 cm³/mol. The fraction of sp³-hybridized carbons (Fsp3) is 0.167. The number of hydrogen-bond acceptors (Lipinski definition) is 6. The highest BCUT2D eigenvalue weighted by Crippen LogP contribution is 2.36. The number of carboxylic acids is 1. The Morgan fingerprint density at radius 2 is 1.85 bits per heavy atom. The number of nitrogens with zero attached hydrogens (tertiary/aromatic N) is 2. The molecule has 2 N–H and O–H groups in total. The smallest absolute Gasteiger partial charge is 0.335 e. The highest BCUT2D eigenvalue weighted by molar-refractivity contribution is 7.99. The van der Waals surface area contributed by atoms with Crippen LogP contribution < -0.4 is 10.9 Å². The van der Waals surface area contributed by atoms with Gasteiger partial charge in [0.15, 0.2) is 5.16 Å². The molecule has 0 unspecified atom stereocenters. The van der Waals surface area contributed by atoms with Gasteiger partial charge in [-0.2, -0.15) is 0 Å². The Balaban J connectivity index is 1.44. The Morgan fingerprint density at radius 1 is 1.09 bits per heavy atom. The number of fused-ring (bicyclic) bond motifs is 3. The Labute approximate surface area is 197 Å². The maximum absolute atomic E-state index is 13.6.